The third kappa shape index (κ3) is 2.64. The smallest absolute Gasteiger partial charge is 0.372 e. The van der Waals surface area contributed by atoms with Crippen LogP contribution in [0.1, 0.15) is 16.1 Å². The molecule has 1 aliphatic heterocycles. The summed E-state index contributed by atoms with van der Waals surface area (Å²) in [7, 11) is 0. The zero-order chi connectivity index (χ0) is 12.3. The first-order valence-corrected chi connectivity index (χ1v) is 5.24. The summed E-state index contributed by atoms with van der Waals surface area (Å²) in [5.41, 5.74) is 0.621. The van der Waals surface area contributed by atoms with E-state index in [4.69, 9.17) is 19.5 Å². The minimum atomic E-state index is -1.07. The first-order chi connectivity index (χ1) is 8.20. The standard InChI is InChI=1S/C11H12N2O4/c12-5-9-7-13(2-4-16-9)6-8-1-3-17-10(8)11(14)15/h1,3,9H,2,4,6-7H2,(H,14,15). The van der Waals surface area contributed by atoms with Gasteiger partial charge in [0.25, 0.3) is 0 Å². The zero-order valence-electron chi connectivity index (χ0n) is 9.13. The second kappa shape index (κ2) is 4.99. The van der Waals surface area contributed by atoms with Gasteiger partial charge in [-0.05, 0) is 6.07 Å². The van der Waals surface area contributed by atoms with Gasteiger partial charge >= 0.3 is 5.97 Å². The topological polar surface area (TPSA) is 86.7 Å². The van der Waals surface area contributed by atoms with Crippen LogP contribution in [-0.2, 0) is 11.3 Å². The van der Waals surface area contributed by atoms with E-state index < -0.39 is 12.1 Å². The molecule has 0 bridgehead atoms. The number of nitriles is 1. The van der Waals surface area contributed by atoms with E-state index >= 15 is 0 Å². The minimum Gasteiger partial charge on any atom is -0.475 e. The maximum absolute atomic E-state index is 10.9. The van der Waals surface area contributed by atoms with Crippen LogP contribution in [0.3, 0.4) is 0 Å². The lowest BCUT2D eigenvalue weighted by atomic mass is 10.2. The summed E-state index contributed by atoms with van der Waals surface area (Å²) < 4.78 is 10.1. The molecule has 1 aromatic rings. The molecule has 0 aromatic carbocycles. The first-order valence-electron chi connectivity index (χ1n) is 5.24. The maximum atomic E-state index is 10.9. The van der Waals surface area contributed by atoms with Crippen LogP contribution < -0.4 is 0 Å². The van der Waals surface area contributed by atoms with Crippen molar-refractivity contribution in [2.24, 2.45) is 0 Å². The van der Waals surface area contributed by atoms with Crippen molar-refractivity contribution in [1.82, 2.24) is 4.90 Å². The molecule has 6 heteroatoms. The summed E-state index contributed by atoms with van der Waals surface area (Å²) in [5, 5.41) is 17.7. The van der Waals surface area contributed by atoms with Crippen molar-refractivity contribution >= 4 is 5.97 Å². The second-order valence-electron chi connectivity index (χ2n) is 3.80. The highest BCUT2D eigenvalue weighted by Crippen LogP contribution is 2.15. The summed E-state index contributed by atoms with van der Waals surface area (Å²) in [6.45, 7) is 2.11. The molecular weight excluding hydrogens is 224 g/mol. The third-order valence-corrected chi connectivity index (χ3v) is 2.63. The number of furan rings is 1. The van der Waals surface area contributed by atoms with Gasteiger partial charge in [-0.15, -0.1) is 0 Å². The summed E-state index contributed by atoms with van der Waals surface area (Å²) >= 11 is 0. The average Bonchev–Trinajstić information content (AvgIpc) is 2.77. The lowest BCUT2D eigenvalue weighted by molar-refractivity contribution is -0.00289. The molecule has 1 N–H and O–H groups in total. The molecule has 0 radical (unpaired) electrons. The van der Waals surface area contributed by atoms with Crippen molar-refractivity contribution in [3.8, 4) is 6.07 Å². The summed E-state index contributed by atoms with van der Waals surface area (Å²) in [6, 6.07) is 3.69. The molecular formula is C11H12N2O4. The highest BCUT2D eigenvalue weighted by molar-refractivity contribution is 5.86. The van der Waals surface area contributed by atoms with Crippen molar-refractivity contribution in [3.05, 3.63) is 23.7 Å². The van der Waals surface area contributed by atoms with Gasteiger partial charge in [-0.3, -0.25) is 4.90 Å². The number of nitrogens with zero attached hydrogens (tertiary/aromatic N) is 2. The number of hydrogen-bond donors (Lipinski definition) is 1. The van der Waals surface area contributed by atoms with Gasteiger partial charge in [-0.25, -0.2) is 4.79 Å². The zero-order valence-corrected chi connectivity index (χ0v) is 9.13. The van der Waals surface area contributed by atoms with E-state index in [-0.39, 0.29) is 5.76 Å². The molecule has 0 amide bonds. The van der Waals surface area contributed by atoms with E-state index in [2.05, 4.69) is 0 Å². The van der Waals surface area contributed by atoms with Crippen LogP contribution in [0.25, 0.3) is 0 Å². The van der Waals surface area contributed by atoms with Crippen LogP contribution in [0.2, 0.25) is 0 Å². The quantitative estimate of drug-likeness (QED) is 0.831. The normalized spacial score (nSPS) is 21.0. The Kier molecular flexibility index (Phi) is 3.42. The Labute approximate surface area is 98.0 Å². The number of carboxylic acids is 1. The summed E-state index contributed by atoms with van der Waals surface area (Å²) in [4.78, 5) is 12.8. The largest absolute Gasteiger partial charge is 0.475 e. The number of ether oxygens (including phenoxy) is 1. The first kappa shape index (κ1) is 11.6. The SMILES string of the molecule is N#CC1CN(Cc2ccoc2C(=O)O)CCO1. The fraction of sp³-hybridized carbons (Fsp3) is 0.455. The molecule has 0 spiro atoms. The van der Waals surface area contributed by atoms with E-state index in [1.165, 1.54) is 6.26 Å². The summed E-state index contributed by atoms with van der Waals surface area (Å²) in [5.74, 6) is -1.11. The van der Waals surface area contributed by atoms with Gasteiger partial charge in [-0.2, -0.15) is 5.26 Å². The molecule has 1 aromatic heterocycles. The van der Waals surface area contributed by atoms with Gasteiger partial charge < -0.3 is 14.3 Å². The monoisotopic (exact) mass is 236 g/mol. The Morgan fingerprint density at radius 2 is 2.53 bits per heavy atom. The van der Waals surface area contributed by atoms with Crippen molar-refractivity contribution in [3.63, 3.8) is 0 Å². The van der Waals surface area contributed by atoms with E-state index in [0.29, 0.717) is 31.8 Å². The Balaban J connectivity index is 2.03. The minimum absolute atomic E-state index is 0.0370. The Morgan fingerprint density at radius 3 is 3.24 bits per heavy atom. The van der Waals surface area contributed by atoms with Crippen molar-refractivity contribution in [2.75, 3.05) is 19.7 Å². The lowest BCUT2D eigenvalue weighted by Crippen LogP contribution is -2.41. The number of carboxylic acid groups (broad SMARTS) is 1. The Hall–Kier alpha value is -1.84. The number of rotatable bonds is 3. The maximum Gasteiger partial charge on any atom is 0.372 e. The van der Waals surface area contributed by atoms with Crippen LogP contribution in [0, 0.1) is 11.3 Å². The predicted molar refractivity (Wildman–Crippen MR) is 56.3 cm³/mol. The Bertz CT molecular complexity index is 449. The predicted octanol–water partition coefficient (Wildman–Crippen LogP) is 0.702. The van der Waals surface area contributed by atoms with E-state index in [9.17, 15) is 4.79 Å². The number of morpholine rings is 1. The van der Waals surface area contributed by atoms with Gasteiger partial charge in [0.2, 0.25) is 5.76 Å². The fourth-order valence-corrected chi connectivity index (χ4v) is 1.81. The number of carbonyl (C=O) groups is 1. The van der Waals surface area contributed by atoms with Gasteiger partial charge in [0, 0.05) is 25.2 Å². The second-order valence-corrected chi connectivity index (χ2v) is 3.80. The van der Waals surface area contributed by atoms with Gasteiger partial charge in [0.15, 0.2) is 6.10 Å². The molecule has 1 atom stereocenters. The van der Waals surface area contributed by atoms with E-state index in [1.54, 1.807) is 6.07 Å². The summed E-state index contributed by atoms with van der Waals surface area (Å²) in [6.07, 6.45) is 0.921. The molecule has 0 saturated carbocycles. The molecule has 1 aliphatic rings. The average molecular weight is 236 g/mol. The third-order valence-electron chi connectivity index (χ3n) is 2.63. The van der Waals surface area contributed by atoms with Crippen molar-refractivity contribution < 1.29 is 19.1 Å². The highest BCUT2D eigenvalue weighted by Gasteiger charge is 2.22. The van der Waals surface area contributed by atoms with Crippen LogP contribution >= 0.6 is 0 Å². The molecule has 17 heavy (non-hydrogen) atoms. The Morgan fingerprint density at radius 1 is 1.71 bits per heavy atom. The van der Waals surface area contributed by atoms with E-state index in [0.717, 1.165) is 0 Å². The number of hydrogen-bond acceptors (Lipinski definition) is 5. The molecule has 2 rings (SSSR count). The lowest BCUT2D eigenvalue weighted by Gasteiger charge is -2.29. The van der Waals surface area contributed by atoms with E-state index in [1.807, 2.05) is 11.0 Å². The highest BCUT2D eigenvalue weighted by atomic mass is 16.5. The van der Waals surface area contributed by atoms with Gasteiger partial charge in [0.05, 0.1) is 18.9 Å². The van der Waals surface area contributed by atoms with Gasteiger partial charge in [0.1, 0.15) is 0 Å². The van der Waals surface area contributed by atoms with Gasteiger partial charge in [-0.1, -0.05) is 0 Å². The van der Waals surface area contributed by atoms with Crippen LogP contribution in [0.4, 0.5) is 0 Å². The number of aromatic carboxylic acids is 1. The molecule has 1 unspecified atom stereocenters. The molecule has 6 nitrogen and oxygen atoms in total. The molecule has 1 fully saturated rings. The van der Waals surface area contributed by atoms with Crippen LogP contribution in [0.5, 0.6) is 0 Å². The van der Waals surface area contributed by atoms with Crippen LogP contribution in [0.15, 0.2) is 16.7 Å². The van der Waals surface area contributed by atoms with Crippen LogP contribution in [-0.4, -0.2) is 41.8 Å². The molecule has 2 heterocycles. The molecule has 90 valence electrons. The molecule has 1 saturated heterocycles. The van der Waals surface area contributed by atoms with Crippen molar-refractivity contribution in [1.29, 1.82) is 5.26 Å². The fourth-order valence-electron chi connectivity index (χ4n) is 1.81. The van der Waals surface area contributed by atoms with Crippen molar-refractivity contribution in [2.45, 2.75) is 12.6 Å². The molecule has 0 aliphatic carbocycles.